The Morgan fingerprint density at radius 1 is 0.526 bits per heavy atom. The van der Waals surface area contributed by atoms with Crippen LogP contribution in [0.4, 0.5) is 0 Å². The van der Waals surface area contributed by atoms with Crippen LogP contribution in [0.2, 0.25) is 0 Å². The van der Waals surface area contributed by atoms with Crippen molar-refractivity contribution in [2.45, 2.75) is 40.0 Å². The van der Waals surface area contributed by atoms with Crippen LogP contribution < -0.4 is 0 Å². The van der Waals surface area contributed by atoms with Gasteiger partial charge >= 0.3 is 0 Å². The second-order valence-electron chi connectivity index (χ2n) is 4.68. The molecule has 116 valence electrons. The minimum Gasteiger partial charge on any atom is -0.380 e. The lowest BCUT2D eigenvalue weighted by atomic mass is 10.4. The molecule has 0 atom stereocenters. The Hall–Kier alpha value is -0.160. The molecule has 0 aromatic rings. The van der Waals surface area contributed by atoms with Gasteiger partial charge in [-0.05, 0) is 19.3 Å². The highest BCUT2D eigenvalue weighted by molar-refractivity contribution is 4.57. The van der Waals surface area contributed by atoms with Gasteiger partial charge in [-0.2, -0.15) is 0 Å². The van der Waals surface area contributed by atoms with Gasteiger partial charge in [-0.1, -0.05) is 20.8 Å². The number of nitrogens with zero attached hydrogens (tertiary/aromatic N) is 1. The van der Waals surface area contributed by atoms with Crippen molar-refractivity contribution in [1.29, 1.82) is 0 Å². The summed E-state index contributed by atoms with van der Waals surface area (Å²) in [6.07, 6.45) is 3.25. The lowest BCUT2D eigenvalue weighted by molar-refractivity contribution is 0.0531. The number of rotatable bonds is 15. The Morgan fingerprint density at radius 3 is 1.11 bits per heavy atom. The van der Waals surface area contributed by atoms with Gasteiger partial charge in [0.05, 0.1) is 19.8 Å². The summed E-state index contributed by atoms with van der Waals surface area (Å²) < 4.78 is 16.6. The fourth-order valence-electron chi connectivity index (χ4n) is 1.66. The van der Waals surface area contributed by atoms with Crippen molar-refractivity contribution >= 4 is 0 Å². The lowest BCUT2D eigenvalue weighted by Gasteiger charge is -2.22. The van der Waals surface area contributed by atoms with Gasteiger partial charge in [-0.25, -0.2) is 0 Å². The van der Waals surface area contributed by atoms with Crippen molar-refractivity contribution in [2.75, 3.05) is 59.3 Å². The van der Waals surface area contributed by atoms with E-state index >= 15 is 0 Å². The predicted octanol–water partition coefficient (Wildman–Crippen LogP) is 2.57. The number of hydrogen-bond acceptors (Lipinski definition) is 4. The molecule has 0 fully saturated rings. The van der Waals surface area contributed by atoms with Gasteiger partial charge in [0.1, 0.15) is 0 Å². The molecule has 0 aliphatic rings. The summed E-state index contributed by atoms with van der Waals surface area (Å²) in [4.78, 5) is 2.36. The highest BCUT2D eigenvalue weighted by atomic mass is 16.5. The van der Waals surface area contributed by atoms with Crippen LogP contribution >= 0.6 is 0 Å². The van der Waals surface area contributed by atoms with E-state index in [1.165, 1.54) is 0 Å². The monoisotopic (exact) mass is 275 g/mol. The SMILES string of the molecule is CCCOCCN(CCOCCC)CCOCCC. The third kappa shape index (κ3) is 14.1. The maximum absolute atomic E-state index is 5.54. The lowest BCUT2D eigenvalue weighted by Crippen LogP contribution is -2.34. The van der Waals surface area contributed by atoms with E-state index in [9.17, 15) is 0 Å². The molecule has 0 amide bonds. The Balaban J connectivity index is 3.66. The fraction of sp³-hybridized carbons (Fsp3) is 1.00. The quantitative estimate of drug-likeness (QED) is 0.430. The minimum atomic E-state index is 0.801. The van der Waals surface area contributed by atoms with Gasteiger partial charge in [0.15, 0.2) is 0 Å². The van der Waals surface area contributed by atoms with E-state index in [2.05, 4.69) is 25.7 Å². The molecule has 19 heavy (non-hydrogen) atoms. The molecule has 0 unspecified atom stereocenters. The molecule has 0 radical (unpaired) electrons. The molecule has 0 aliphatic carbocycles. The van der Waals surface area contributed by atoms with Gasteiger partial charge < -0.3 is 14.2 Å². The first-order chi connectivity index (χ1) is 9.35. The summed E-state index contributed by atoms with van der Waals surface area (Å²) in [6.45, 7) is 14.3. The predicted molar refractivity (Wildman–Crippen MR) is 79.8 cm³/mol. The number of hydrogen-bond donors (Lipinski definition) is 0. The fourth-order valence-corrected chi connectivity index (χ4v) is 1.66. The van der Waals surface area contributed by atoms with E-state index in [0.717, 1.165) is 78.5 Å². The maximum Gasteiger partial charge on any atom is 0.0593 e. The summed E-state index contributed by atoms with van der Waals surface area (Å²) in [5.74, 6) is 0. The van der Waals surface area contributed by atoms with Gasteiger partial charge in [-0.15, -0.1) is 0 Å². The van der Waals surface area contributed by atoms with E-state index in [1.807, 2.05) is 0 Å². The van der Waals surface area contributed by atoms with Crippen LogP contribution in [0.15, 0.2) is 0 Å². The van der Waals surface area contributed by atoms with E-state index in [4.69, 9.17) is 14.2 Å². The molecule has 0 heterocycles. The third-order valence-corrected chi connectivity index (χ3v) is 2.70. The van der Waals surface area contributed by atoms with Crippen LogP contribution in [0.3, 0.4) is 0 Å². The Kier molecular flexibility index (Phi) is 15.8. The standard InChI is InChI=1S/C15H33NO3/c1-4-10-17-13-7-16(8-14-18-11-5-2)9-15-19-12-6-3/h4-15H2,1-3H3. The topological polar surface area (TPSA) is 30.9 Å². The van der Waals surface area contributed by atoms with E-state index in [-0.39, 0.29) is 0 Å². The molecule has 0 saturated carbocycles. The van der Waals surface area contributed by atoms with Gasteiger partial charge in [0.25, 0.3) is 0 Å². The first kappa shape index (κ1) is 18.8. The maximum atomic E-state index is 5.54. The molecule has 0 spiro atoms. The molecule has 0 aromatic carbocycles. The van der Waals surface area contributed by atoms with Crippen molar-refractivity contribution < 1.29 is 14.2 Å². The van der Waals surface area contributed by atoms with Crippen molar-refractivity contribution in [3.05, 3.63) is 0 Å². The van der Waals surface area contributed by atoms with Crippen LogP contribution in [0, 0.1) is 0 Å². The zero-order chi connectivity index (χ0) is 14.2. The van der Waals surface area contributed by atoms with Gasteiger partial charge in [0, 0.05) is 39.5 Å². The summed E-state index contributed by atoms with van der Waals surface area (Å²) in [7, 11) is 0. The molecule has 0 aliphatic heterocycles. The highest BCUT2D eigenvalue weighted by Gasteiger charge is 2.04. The van der Waals surface area contributed by atoms with Crippen LogP contribution in [0.1, 0.15) is 40.0 Å². The molecule has 0 bridgehead atoms. The van der Waals surface area contributed by atoms with Gasteiger partial charge in [0.2, 0.25) is 0 Å². The Morgan fingerprint density at radius 2 is 0.842 bits per heavy atom. The number of ether oxygens (including phenoxy) is 3. The first-order valence-corrected chi connectivity index (χ1v) is 7.80. The molecule has 0 rings (SSSR count). The largest absolute Gasteiger partial charge is 0.380 e. The third-order valence-electron chi connectivity index (χ3n) is 2.70. The van der Waals surface area contributed by atoms with Crippen LogP contribution in [-0.2, 0) is 14.2 Å². The van der Waals surface area contributed by atoms with Crippen LogP contribution in [0.5, 0.6) is 0 Å². The van der Waals surface area contributed by atoms with Gasteiger partial charge in [-0.3, -0.25) is 4.90 Å². The van der Waals surface area contributed by atoms with Crippen molar-refractivity contribution in [1.82, 2.24) is 4.90 Å². The highest BCUT2D eigenvalue weighted by Crippen LogP contribution is 1.93. The zero-order valence-corrected chi connectivity index (χ0v) is 13.2. The van der Waals surface area contributed by atoms with Crippen molar-refractivity contribution in [3.63, 3.8) is 0 Å². The average molecular weight is 275 g/mol. The molecular weight excluding hydrogens is 242 g/mol. The first-order valence-electron chi connectivity index (χ1n) is 7.80. The average Bonchev–Trinajstić information content (AvgIpc) is 2.43. The van der Waals surface area contributed by atoms with E-state index in [1.54, 1.807) is 0 Å². The molecular formula is C15H33NO3. The second-order valence-corrected chi connectivity index (χ2v) is 4.68. The van der Waals surface area contributed by atoms with Crippen LogP contribution in [-0.4, -0.2) is 64.2 Å². The summed E-state index contributed by atoms with van der Waals surface area (Å²) in [5, 5.41) is 0. The zero-order valence-electron chi connectivity index (χ0n) is 13.2. The normalized spacial score (nSPS) is 11.4. The Bertz CT molecular complexity index is 139. The van der Waals surface area contributed by atoms with Crippen molar-refractivity contribution in [2.24, 2.45) is 0 Å². The molecule has 0 N–H and O–H groups in total. The summed E-state index contributed by atoms with van der Waals surface area (Å²) >= 11 is 0. The molecule has 4 heteroatoms. The van der Waals surface area contributed by atoms with E-state index < -0.39 is 0 Å². The summed E-state index contributed by atoms with van der Waals surface area (Å²) in [6, 6.07) is 0. The summed E-state index contributed by atoms with van der Waals surface area (Å²) in [5.41, 5.74) is 0. The molecule has 4 nitrogen and oxygen atoms in total. The van der Waals surface area contributed by atoms with E-state index in [0.29, 0.717) is 0 Å². The molecule has 0 saturated heterocycles. The Labute approximate surface area is 119 Å². The molecule has 0 aromatic heterocycles. The van der Waals surface area contributed by atoms with Crippen molar-refractivity contribution in [3.8, 4) is 0 Å². The minimum absolute atomic E-state index is 0.801. The second kappa shape index (κ2) is 15.9. The smallest absolute Gasteiger partial charge is 0.0593 e. The van der Waals surface area contributed by atoms with Crippen LogP contribution in [0.25, 0.3) is 0 Å².